The lowest BCUT2D eigenvalue weighted by Crippen LogP contribution is -2.48. The number of carbonyl (C=O) groups excluding carboxylic acids is 2. The molecule has 2 amide bonds. The van der Waals surface area contributed by atoms with Crippen molar-refractivity contribution in [2.45, 2.75) is 18.6 Å². The predicted octanol–water partition coefficient (Wildman–Crippen LogP) is 2.97. The number of carbonyl (C=O) groups is 2. The Morgan fingerprint density at radius 3 is 2.66 bits per heavy atom. The third kappa shape index (κ3) is 3.28. The molecule has 6 heterocycles. The summed E-state index contributed by atoms with van der Waals surface area (Å²) in [7, 11) is 0. The van der Waals surface area contributed by atoms with Gasteiger partial charge in [-0.25, -0.2) is 14.4 Å². The minimum absolute atomic E-state index is 0.0553. The van der Waals surface area contributed by atoms with Crippen LogP contribution in [0, 0.1) is 0 Å². The number of hydrogen-bond acceptors (Lipinski definition) is 7. The van der Waals surface area contributed by atoms with Crippen LogP contribution in [0.1, 0.15) is 17.7 Å². The normalized spacial score (nSPS) is 23.1. The summed E-state index contributed by atoms with van der Waals surface area (Å²) in [5, 5.41) is 5.94. The van der Waals surface area contributed by atoms with E-state index in [-0.39, 0.29) is 23.7 Å². The second kappa shape index (κ2) is 7.69. The molecule has 0 saturated carbocycles. The van der Waals surface area contributed by atoms with Crippen LogP contribution in [0.15, 0.2) is 41.9 Å². The molecule has 3 aromatic heterocycles. The van der Waals surface area contributed by atoms with Crippen molar-refractivity contribution in [2.75, 3.05) is 31.1 Å². The lowest BCUT2D eigenvalue weighted by atomic mass is 9.97. The van der Waals surface area contributed by atoms with Crippen LogP contribution < -0.4 is 10.2 Å². The molecule has 3 aliphatic rings. The molecule has 2 saturated heterocycles. The summed E-state index contributed by atoms with van der Waals surface area (Å²) < 4.78 is 15.0. The number of amides is 2. The van der Waals surface area contributed by atoms with Crippen molar-refractivity contribution >= 4 is 61.4 Å². The van der Waals surface area contributed by atoms with E-state index in [4.69, 9.17) is 9.97 Å². The van der Waals surface area contributed by atoms with Gasteiger partial charge in [0.1, 0.15) is 11.0 Å². The monoisotopic (exact) mass is 488 g/mol. The molecule has 2 N–H and O–H groups in total. The molecule has 176 valence electrons. The molecule has 0 radical (unpaired) electrons. The molecule has 35 heavy (non-hydrogen) atoms. The van der Waals surface area contributed by atoms with E-state index in [9.17, 15) is 9.59 Å². The maximum atomic E-state index is 15.0. The van der Waals surface area contributed by atoms with Crippen molar-refractivity contribution in [1.29, 1.82) is 0 Å². The van der Waals surface area contributed by atoms with Gasteiger partial charge in [0.2, 0.25) is 5.95 Å². The van der Waals surface area contributed by atoms with Crippen molar-refractivity contribution in [3.63, 3.8) is 0 Å². The van der Waals surface area contributed by atoms with Crippen LogP contribution in [-0.4, -0.2) is 70.1 Å². The maximum Gasteiger partial charge on any atom is 0.261 e. The number of halogens is 1. The molecular formula is C25H21FN6O2S. The van der Waals surface area contributed by atoms with E-state index in [1.807, 2.05) is 40.6 Å². The Morgan fingerprint density at radius 1 is 1.00 bits per heavy atom. The highest BCUT2D eigenvalue weighted by molar-refractivity contribution is 7.16. The Hall–Kier alpha value is -3.63. The van der Waals surface area contributed by atoms with E-state index in [2.05, 4.69) is 15.2 Å². The molecular weight excluding hydrogens is 467 g/mol. The van der Waals surface area contributed by atoms with Gasteiger partial charge >= 0.3 is 0 Å². The smallest absolute Gasteiger partial charge is 0.261 e. The lowest BCUT2D eigenvalue weighted by molar-refractivity contribution is -0.122. The highest BCUT2D eigenvalue weighted by Crippen LogP contribution is 2.38. The summed E-state index contributed by atoms with van der Waals surface area (Å²) in [6.07, 6.45) is 1.45. The number of hydrogen-bond donors (Lipinski definition) is 2. The summed E-state index contributed by atoms with van der Waals surface area (Å²) in [6, 6.07) is 9.28. The first-order valence-electron chi connectivity index (χ1n) is 11.6. The molecule has 7 rings (SSSR count). The van der Waals surface area contributed by atoms with Gasteiger partial charge < -0.3 is 9.88 Å². The number of aromatic nitrogens is 3. The van der Waals surface area contributed by atoms with Crippen molar-refractivity contribution in [3.05, 3.63) is 53.2 Å². The van der Waals surface area contributed by atoms with Gasteiger partial charge in [0.25, 0.3) is 11.8 Å². The van der Waals surface area contributed by atoms with Crippen LogP contribution in [0.25, 0.3) is 32.3 Å². The second-order valence-corrected chi connectivity index (χ2v) is 10.1. The van der Waals surface area contributed by atoms with Crippen LogP contribution in [0.5, 0.6) is 0 Å². The van der Waals surface area contributed by atoms with Gasteiger partial charge in [0, 0.05) is 48.2 Å². The number of para-hydroxylation sites is 1. The summed E-state index contributed by atoms with van der Waals surface area (Å²) in [4.78, 5) is 43.8. The van der Waals surface area contributed by atoms with Crippen LogP contribution in [0.4, 0.5) is 10.3 Å². The number of aromatic amines is 1. The maximum absolute atomic E-state index is 15.0. The molecule has 8 nitrogen and oxygen atoms in total. The van der Waals surface area contributed by atoms with Crippen LogP contribution in [0.3, 0.4) is 0 Å². The van der Waals surface area contributed by atoms with Crippen LogP contribution >= 0.6 is 11.3 Å². The number of rotatable bonds is 4. The van der Waals surface area contributed by atoms with Gasteiger partial charge in [0.05, 0.1) is 28.9 Å². The molecule has 2 fully saturated rings. The molecule has 0 spiro atoms. The van der Waals surface area contributed by atoms with E-state index in [1.165, 1.54) is 11.3 Å². The number of benzene rings is 1. The highest BCUT2D eigenvalue weighted by Gasteiger charge is 2.39. The van der Waals surface area contributed by atoms with Crippen LogP contribution in [-0.2, 0) is 9.59 Å². The predicted molar refractivity (Wildman–Crippen MR) is 133 cm³/mol. The van der Waals surface area contributed by atoms with Gasteiger partial charge in [-0.3, -0.25) is 19.8 Å². The quantitative estimate of drug-likeness (QED) is 0.339. The van der Waals surface area contributed by atoms with Gasteiger partial charge in [0.15, 0.2) is 0 Å². The third-order valence-corrected chi connectivity index (χ3v) is 7.92. The number of fused-ring (bicyclic) bond motifs is 2. The summed E-state index contributed by atoms with van der Waals surface area (Å²) >= 11 is 1.53. The first-order chi connectivity index (χ1) is 17.1. The zero-order chi connectivity index (χ0) is 23.7. The second-order valence-electron chi connectivity index (χ2n) is 9.14. The lowest BCUT2D eigenvalue weighted by Gasteiger charge is -2.35. The van der Waals surface area contributed by atoms with Gasteiger partial charge in [-0.1, -0.05) is 18.2 Å². The Balaban J connectivity index is 1.40. The van der Waals surface area contributed by atoms with Crippen molar-refractivity contribution in [3.8, 4) is 0 Å². The SMILES string of the molecule is O=C1NC(=O)C(c2c[nH]c3sccc23)=C1c1nc(N2CCC(N3CC3)C(F)C2)nc2ccccc12. The average molecular weight is 489 g/mol. The summed E-state index contributed by atoms with van der Waals surface area (Å²) in [5.74, 6) is -0.572. The standard InChI is InChI=1S/C25H21FN6O2S/c26-16-12-32(7-5-18(16)31-8-9-31)25-28-17-4-2-1-3-14(17)21(29-25)20-19(22(33)30-23(20)34)15-11-27-24-13(15)6-10-35-24/h1-4,6,10-11,16,18,27H,5,7-9,12H2,(H,30,33,34). The van der Waals surface area contributed by atoms with E-state index >= 15 is 4.39 Å². The van der Waals surface area contributed by atoms with E-state index in [0.717, 1.165) is 23.3 Å². The van der Waals surface area contributed by atoms with E-state index in [0.29, 0.717) is 41.1 Å². The number of nitrogens with zero attached hydrogens (tertiary/aromatic N) is 4. The van der Waals surface area contributed by atoms with Crippen molar-refractivity contribution in [1.82, 2.24) is 25.2 Å². The Labute approximate surface area is 203 Å². The van der Waals surface area contributed by atoms with Crippen molar-refractivity contribution in [2.24, 2.45) is 0 Å². The van der Waals surface area contributed by atoms with E-state index < -0.39 is 18.0 Å². The topological polar surface area (TPSA) is 94.0 Å². The highest BCUT2D eigenvalue weighted by atomic mass is 32.1. The summed E-state index contributed by atoms with van der Waals surface area (Å²) in [6.45, 7) is 2.74. The fourth-order valence-electron chi connectivity index (χ4n) is 5.26. The number of anilines is 1. The van der Waals surface area contributed by atoms with Gasteiger partial charge in [-0.05, 0) is 23.9 Å². The zero-order valence-electron chi connectivity index (χ0n) is 18.6. The van der Waals surface area contributed by atoms with E-state index in [1.54, 1.807) is 6.20 Å². The first-order valence-corrected chi connectivity index (χ1v) is 12.5. The molecule has 2 atom stereocenters. The average Bonchev–Trinajstić information content (AvgIpc) is 3.34. The fraction of sp³-hybridized carbons (Fsp3) is 0.280. The molecule has 1 aromatic carbocycles. The number of nitrogens with one attached hydrogen (secondary N) is 2. The first kappa shape index (κ1) is 20.7. The largest absolute Gasteiger partial charge is 0.352 e. The third-order valence-electron chi connectivity index (χ3n) is 7.07. The van der Waals surface area contributed by atoms with Gasteiger partial charge in [-0.2, -0.15) is 0 Å². The molecule has 3 aliphatic heterocycles. The molecule has 0 aliphatic carbocycles. The van der Waals surface area contributed by atoms with Crippen LogP contribution in [0.2, 0.25) is 0 Å². The van der Waals surface area contributed by atoms with Crippen molar-refractivity contribution < 1.29 is 14.0 Å². The Morgan fingerprint density at radius 2 is 1.83 bits per heavy atom. The number of imide groups is 1. The summed E-state index contributed by atoms with van der Waals surface area (Å²) in [5.41, 5.74) is 2.20. The number of piperidine rings is 1. The Kier molecular flexibility index (Phi) is 4.55. The minimum Gasteiger partial charge on any atom is -0.352 e. The minimum atomic E-state index is -0.998. The number of alkyl halides is 1. The molecule has 4 aromatic rings. The van der Waals surface area contributed by atoms with Gasteiger partial charge in [-0.15, -0.1) is 11.3 Å². The molecule has 10 heteroatoms. The Bertz CT molecular complexity index is 1550. The number of H-pyrrole nitrogens is 1. The number of thiophene rings is 1. The fourth-order valence-corrected chi connectivity index (χ4v) is 6.04. The molecule has 0 bridgehead atoms. The zero-order valence-corrected chi connectivity index (χ0v) is 19.4. The molecule has 2 unspecified atom stereocenters.